The van der Waals surface area contributed by atoms with Crippen molar-refractivity contribution in [1.29, 1.82) is 0 Å². The van der Waals surface area contributed by atoms with Crippen molar-refractivity contribution in [2.75, 3.05) is 18.0 Å². The summed E-state index contributed by atoms with van der Waals surface area (Å²) < 4.78 is 5.27. The topological polar surface area (TPSA) is 41.6 Å². The minimum absolute atomic E-state index is 0.125. The van der Waals surface area contributed by atoms with Crippen molar-refractivity contribution < 1.29 is 9.53 Å². The van der Waals surface area contributed by atoms with Crippen LogP contribution in [0.2, 0.25) is 5.02 Å². The summed E-state index contributed by atoms with van der Waals surface area (Å²) in [5, 5.41) is 3.65. The van der Waals surface area contributed by atoms with E-state index in [1.54, 1.807) is 0 Å². The summed E-state index contributed by atoms with van der Waals surface area (Å²) in [4.78, 5) is 14.0. The smallest absolute Gasteiger partial charge is 0.407 e. The summed E-state index contributed by atoms with van der Waals surface area (Å²) in [6.45, 7) is 7.30. The van der Waals surface area contributed by atoms with Gasteiger partial charge in [0.2, 0.25) is 0 Å². The van der Waals surface area contributed by atoms with Crippen LogP contribution >= 0.6 is 11.6 Å². The Bertz CT molecular complexity index is 468. The standard InChI is InChI=1S/C15H21ClN2O2/c1-15(2,3)20-14(19)17-12-8-9-18(10-12)13-6-4-11(16)5-7-13/h4-7,12H,8-10H2,1-3H3,(H,17,19)/t12-/m1/s1. The van der Waals surface area contributed by atoms with Gasteiger partial charge in [0.05, 0.1) is 6.04 Å². The van der Waals surface area contributed by atoms with Crippen LogP contribution in [0, 0.1) is 0 Å². The Morgan fingerprint density at radius 3 is 2.60 bits per heavy atom. The third kappa shape index (κ3) is 4.30. The fraction of sp³-hybridized carbons (Fsp3) is 0.533. The van der Waals surface area contributed by atoms with E-state index in [1.807, 2.05) is 45.0 Å². The molecule has 0 bridgehead atoms. The predicted octanol–water partition coefficient (Wildman–Crippen LogP) is 3.44. The average molecular weight is 297 g/mol. The molecule has 1 N–H and O–H groups in total. The molecular weight excluding hydrogens is 276 g/mol. The number of nitrogens with one attached hydrogen (secondary N) is 1. The van der Waals surface area contributed by atoms with E-state index in [4.69, 9.17) is 16.3 Å². The molecule has 4 nitrogen and oxygen atoms in total. The first-order chi connectivity index (χ1) is 9.33. The van der Waals surface area contributed by atoms with E-state index in [-0.39, 0.29) is 12.1 Å². The van der Waals surface area contributed by atoms with Crippen LogP contribution in [0.5, 0.6) is 0 Å². The maximum absolute atomic E-state index is 11.7. The normalized spacial score (nSPS) is 19.0. The third-order valence-electron chi connectivity index (χ3n) is 3.10. The number of anilines is 1. The Morgan fingerprint density at radius 2 is 2.00 bits per heavy atom. The molecule has 1 aliphatic heterocycles. The van der Waals surface area contributed by atoms with Gasteiger partial charge in [-0.05, 0) is 51.5 Å². The number of rotatable bonds is 2. The van der Waals surface area contributed by atoms with Crippen molar-refractivity contribution in [2.24, 2.45) is 0 Å². The highest BCUT2D eigenvalue weighted by Gasteiger charge is 2.26. The van der Waals surface area contributed by atoms with Crippen molar-refractivity contribution in [1.82, 2.24) is 5.32 Å². The molecular formula is C15H21ClN2O2. The number of carbonyl (C=O) groups excluding carboxylic acids is 1. The number of nitrogens with zero attached hydrogens (tertiary/aromatic N) is 1. The van der Waals surface area contributed by atoms with E-state index in [1.165, 1.54) is 0 Å². The molecule has 5 heteroatoms. The molecule has 0 aliphatic carbocycles. The van der Waals surface area contributed by atoms with Crippen molar-refractivity contribution in [3.63, 3.8) is 0 Å². The first-order valence-corrected chi connectivity index (χ1v) is 7.21. The second-order valence-corrected chi connectivity index (χ2v) is 6.49. The molecule has 1 fully saturated rings. The lowest BCUT2D eigenvalue weighted by Crippen LogP contribution is -2.40. The van der Waals surface area contributed by atoms with Crippen molar-refractivity contribution in [3.05, 3.63) is 29.3 Å². The zero-order chi connectivity index (χ0) is 14.8. The Hall–Kier alpha value is -1.42. The number of hydrogen-bond donors (Lipinski definition) is 1. The molecule has 0 unspecified atom stereocenters. The lowest BCUT2D eigenvalue weighted by Gasteiger charge is -2.22. The van der Waals surface area contributed by atoms with E-state index in [2.05, 4.69) is 10.2 Å². The van der Waals surface area contributed by atoms with E-state index in [0.717, 1.165) is 30.2 Å². The van der Waals surface area contributed by atoms with Crippen LogP contribution in [-0.2, 0) is 4.74 Å². The average Bonchev–Trinajstić information content (AvgIpc) is 2.75. The summed E-state index contributed by atoms with van der Waals surface area (Å²) in [7, 11) is 0. The number of alkyl carbamates (subject to hydrolysis) is 1. The Morgan fingerprint density at radius 1 is 1.35 bits per heavy atom. The quantitative estimate of drug-likeness (QED) is 0.909. The Balaban J connectivity index is 1.86. The largest absolute Gasteiger partial charge is 0.444 e. The van der Waals surface area contributed by atoms with Crippen molar-refractivity contribution in [2.45, 2.75) is 38.8 Å². The van der Waals surface area contributed by atoms with Crippen LogP contribution in [0.1, 0.15) is 27.2 Å². The maximum Gasteiger partial charge on any atom is 0.407 e. The predicted molar refractivity (Wildman–Crippen MR) is 81.4 cm³/mol. The Kier molecular flexibility index (Phi) is 4.43. The van der Waals surface area contributed by atoms with Gasteiger partial charge in [0.25, 0.3) is 0 Å². The molecule has 1 amide bonds. The first-order valence-electron chi connectivity index (χ1n) is 6.83. The van der Waals surface area contributed by atoms with Crippen LogP contribution in [-0.4, -0.2) is 30.8 Å². The van der Waals surface area contributed by atoms with Crippen LogP contribution < -0.4 is 10.2 Å². The molecule has 1 aromatic carbocycles. The number of carbonyl (C=O) groups is 1. The summed E-state index contributed by atoms with van der Waals surface area (Å²) in [5.74, 6) is 0. The molecule has 20 heavy (non-hydrogen) atoms. The molecule has 0 aromatic heterocycles. The molecule has 1 heterocycles. The molecule has 1 aliphatic rings. The Labute approximate surface area is 125 Å². The van der Waals surface area contributed by atoms with Gasteiger partial charge in [0.15, 0.2) is 0 Å². The van der Waals surface area contributed by atoms with E-state index >= 15 is 0 Å². The fourth-order valence-electron chi connectivity index (χ4n) is 2.24. The molecule has 0 radical (unpaired) electrons. The molecule has 110 valence electrons. The van der Waals surface area contributed by atoms with Gasteiger partial charge < -0.3 is 15.0 Å². The van der Waals surface area contributed by atoms with Crippen molar-refractivity contribution >= 4 is 23.4 Å². The number of ether oxygens (including phenoxy) is 1. The highest BCUT2D eigenvalue weighted by Crippen LogP contribution is 2.22. The van der Waals surface area contributed by atoms with Gasteiger partial charge in [-0.2, -0.15) is 0 Å². The van der Waals surface area contributed by atoms with Gasteiger partial charge in [-0.25, -0.2) is 4.79 Å². The second kappa shape index (κ2) is 5.92. The minimum atomic E-state index is -0.460. The van der Waals surface area contributed by atoms with Crippen LogP contribution in [0.3, 0.4) is 0 Å². The van der Waals surface area contributed by atoms with E-state index < -0.39 is 5.60 Å². The monoisotopic (exact) mass is 296 g/mol. The van der Waals surface area contributed by atoms with Gasteiger partial charge in [0.1, 0.15) is 5.60 Å². The number of hydrogen-bond acceptors (Lipinski definition) is 3. The third-order valence-corrected chi connectivity index (χ3v) is 3.35. The van der Waals surface area contributed by atoms with Gasteiger partial charge in [0, 0.05) is 23.8 Å². The zero-order valence-corrected chi connectivity index (χ0v) is 12.9. The van der Waals surface area contributed by atoms with E-state index in [9.17, 15) is 4.79 Å². The number of benzene rings is 1. The molecule has 2 rings (SSSR count). The molecule has 1 atom stereocenters. The zero-order valence-electron chi connectivity index (χ0n) is 12.1. The second-order valence-electron chi connectivity index (χ2n) is 6.05. The van der Waals surface area contributed by atoms with E-state index in [0.29, 0.717) is 0 Å². The summed E-state index contributed by atoms with van der Waals surface area (Å²) in [6, 6.07) is 7.88. The number of amides is 1. The molecule has 0 spiro atoms. The minimum Gasteiger partial charge on any atom is -0.444 e. The highest BCUT2D eigenvalue weighted by molar-refractivity contribution is 6.30. The number of halogens is 1. The van der Waals surface area contributed by atoms with Gasteiger partial charge in [-0.15, -0.1) is 0 Å². The molecule has 1 saturated heterocycles. The maximum atomic E-state index is 11.7. The molecule has 1 aromatic rings. The van der Waals surface area contributed by atoms with Crippen LogP contribution in [0.15, 0.2) is 24.3 Å². The van der Waals surface area contributed by atoms with Gasteiger partial charge >= 0.3 is 6.09 Å². The fourth-order valence-corrected chi connectivity index (χ4v) is 2.36. The van der Waals surface area contributed by atoms with Crippen LogP contribution in [0.25, 0.3) is 0 Å². The lowest BCUT2D eigenvalue weighted by molar-refractivity contribution is 0.0509. The van der Waals surface area contributed by atoms with Crippen molar-refractivity contribution in [3.8, 4) is 0 Å². The van der Waals surface area contributed by atoms with Gasteiger partial charge in [-0.3, -0.25) is 0 Å². The lowest BCUT2D eigenvalue weighted by atomic mass is 10.2. The van der Waals surface area contributed by atoms with Gasteiger partial charge in [-0.1, -0.05) is 11.6 Å². The van der Waals surface area contributed by atoms with Crippen LogP contribution in [0.4, 0.5) is 10.5 Å². The SMILES string of the molecule is CC(C)(C)OC(=O)N[C@@H]1CCN(c2ccc(Cl)cc2)C1. The first kappa shape index (κ1) is 15.0. The summed E-state index contributed by atoms with van der Waals surface area (Å²) >= 11 is 5.89. The summed E-state index contributed by atoms with van der Waals surface area (Å²) in [5.41, 5.74) is 0.668. The summed E-state index contributed by atoms with van der Waals surface area (Å²) in [6.07, 6.45) is 0.572. The molecule has 0 saturated carbocycles. The highest BCUT2D eigenvalue weighted by atomic mass is 35.5.